The Morgan fingerprint density at radius 2 is 1.52 bits per heavy atom. The molecule has 4 nitrogen and oxygen atoms in total. The van der Waals surface area contributed by atoms with Gasteiger partial charge in [-0.1, -0.05) is 34.1 Å². The number of allylic oxidation sites excluding steroid dienone is 1. The summed E-state index contributed by atoms with van der Waals surface area (Å²) in [5.74, 6) is 0. The molecule has 1 aliphatic heterocycles. The molecule has 12 heteroatoms. The maximum absolute atomic E-state index is 13.2. The van der Waals surface area contributed by atoms with Crippen molar-refractivity contribution in [2.45, 2.75) is 30.9 Å². The molecule has 154 valence electrons. The van der Waals surface area contributed by atoms with E-state index in [0.717, 1.165) is 19.3 Å². The lowest BCUT2D eigenvalue weighted by atomic mass is 10.1. The number of likely N-dealkylation sites (tertiary alicyclic amines) is 1. The van der Waals surface area contributed by atoms with Crippen LogP contribution in [0, 0.1) is 0 Å². The highest BCUT2D eigenvalue weighted by atomic mass is 79.9. The average Bonchev–Trinajstić information content (AvgIpc) is 2.52. The molecular formula is C15H16BrF6NO3S. The fourth-order valence-corrected chi connectivity index (χ4v) is 2.78. The second-order valence-electron chi connectivity index (χ2n) is 5.64. The molecular weight excluding hydrogens is 468 g/mol. The minimum absolute atomic E-state index is 0.459. The minimum atomic E-state index is -6.09. The molecule has 0 aliphatic carbocycles. The molecule has 0 spiro atoms. The zero-order valence-corrected chi connectivity index (χ0v) is 16.1. The number of hydrogen-bond acceptors (Lipinski definition) is 3. The maximum atomic E-state index is 13.2. The molecule has 0 atom stereocenters. The molecule has 1 N–H and O–H groups in total. The number of quaternary nitrogens is 1. The van der Waals surface area contributed by atoms with E-state index in [1.54, 1.807) is 24.3 Å². The number of hydrogen-bond donors (Lipinski definition) is 1. The molecule has 1 aliphatic rings. The smallest absolute Gasteiger partial charge is 0.485 e. The molecule has 2 rings (SSSR count). The number of nitrogens with one attached hydrogen (secondary N) is 1. The van der Waals surface area contributed by atoms with Crippen molar-refractivity contribution < 1.29 is 44.2 Å². The predicted octanol–water partition coefficient (Wildman–Crippen LogP) is 3.47. The lowest BCUT2D eigenvalue weighted by molar-refractivity contribution is -0.874. The quantitative estimate of drug-likeness (QED) is 0.398. The second kappa shape index (κ2) is 9.39. The molecule has 1 aromatic rings. The van der Waals surface area contributed by atoms with Crippen molar-refractivity contribution in [3.63, 3.8) is 0 Å². The van der Waals surface area contributed by atoms with Crippen LogP contribution < -0.4 is 4.90 Å². The van der Waals surface area contributed by atoms with E-state index in [4.69, 9.17) is 13.0 Å². The number of halogens is 7. The Morgan fingerprint density at radius 1 is 1.04 bits per heavy atom. The van der Waals surface area contributed by atoms with Crippen molar-refractivity contribution >= 4 is 32.1 Å². The van der Waals surface area contributed by atoms with Crippen LogP contribution in [-0.4, -0.2) is 37.7 Å². The van der Waals surface area contributed by atoms with Crippen molar-refractivity contribution in [2.24, 2.45) is 0 Å². The Kier molecular flexibility index (Phi) is 8.32. The predicted molar refractivity (Wildman–Crippen MR) is 88.5 cm³/mol. The van der Waals surface area contributed by atoms with Crippen molar-refractivity contribution in [3.8, 4) is 0 Å². The van der Waals surface area contributed by atoms with Gasteiger partial charge in [-0.25, -0.2) is 8.42 Å². The monoisotopic (exact) mass is 483 g/mol. The van der Waals surface area contributed by atoms with Crippen LogP contribution in [-0.2, 0) is 10.1 Å². The first-order chi connectivity index (χ1) is 12.2. The average molecular weight is 484 g/mol. The molecule has 1 heterocycles. The van der Waals surface area contributed by atoms with E-state index in [-0.39, 0.29) is 0 Å². The molecule has 1 aromatic carbocycles. The third-order valence-corrected chi connectivity index (χ3v) is 4.92. The highest BCUT2D eigenvalue weighted by Gasteiger charge is 2.42. The largest absolute Gasteiger partial charge is 0.741 e. The van der Waals surface area contributed by atoms with Gasteiger partial charge in [0.15, 0.2) is 10.1 Å². The molecule has 0 radical (unpaired) electrons. The van der Waals surface area contributed by atoms with Gasteiger partial charge >= 0.3 is 11.7 Å². The molecule has 27 heavy (non-hydrogen) atoms. The third kappa shape index (κ3) is 7.80. The van der Waals surface area contributed by atoms with Crippen LogP contribution in [0.5, 0.6) is 0 Å². The van der Waals surface area contributed by atoms with Crippen molar-refractivity contribution in [1.82, 2.24) is 0 Å². The Hall–Kier alpha value is -1.11. The molecule has 1 saturated heterocycles. The first-order valence-corrected chi connectivity index (χ1v) is 9.84. The number of rotatable bonds is 2. The highest BCUT2D eigenvalue weighted by Crippen LogP contribution is 2.26. The van der Waals surface area contributed by atoms with E-state index in [0.29, 0.717) is 28.0 Å². The summed E-state index contributed by atoms with van der Waals surface area (Å²) in [4.78, 5) is 0.550. The van der Waals surface area contributed by atoms with Gasteiger partial charge in [0.2, 0.25) is 5.70 Å². The minimum Gasteiger partial charge on any atom is -0.741 e. The van der Waals surface area contributed by atoms with Crippen molar-refractivity contribution in [3.05, 3.63) is 40.0 Å². The number of benzene rings is 1. The van der Waals surface area contributed by atoms with E-state index >= 15 is 0 Å². The standard InChI is InChI=1S/C14H15BrF3N.CHF3O3S/c15-12-7-3-2-6-11(12)10-13(14(16,17)18)19-8-4-1-5-9-19;2-1(3,4)8(5,6)7/h2-3,6-7,10H,1,4-5,8-9H2;(H,5,6,7)/b13-10+;. The van der Waals surface area contributed by atoms with Gasteiger partial charge < -0.3 is 4.55 Å². The van der Waals surface area contributed by atoms with Gasteiger partial charge in [0.05, 0.1) is 13.1 Å². The summed E-state index contributed by atoms with van der Waals surface area (Å²) < 4.78 is 99.2. The highest BCUT2D eigenvalue weighted by molar-refractivity contribution is 9.10. The summed E-state index contributed by atoms with van der Waals surface area (Å²) in [5, 5.41) is 0. The van der Waals surface area contributed by atoms with Gasteiger partial charge in [0, 0.05) is 10.5 Å². The first-order valence-electron chi connectivity index (χ1n) is 7.64. The fraction of sp³-hybridized carbons (Fsp3) is 0.467. The van der Waals surface area contributed by atoms with Gasteiger partial charge in [-0.3, -0.25) is 4.90 Å². The second-order valence-corrected chi connectivity index (χ2v) is 7.87. The summed E-state index contributed by atoms with van der Waals surface area (Å²) in [7, 11) is -6.09. The molecule has 0 saturated carbocycles. The molecule has 0 amide bonds. The van der Waals surface area contributed by atoms with Crippen LogP contribution >= 0.6 is 15.9 Å². The van der Waals surface area contributed by atoms with Crippen LogP contribution in [0.1, 0.15) is 24.8 Å². The van der Waals surface area contributed by atoms with Gasteiger partial charge in [-0.2, -0.15) is 26.3 Å². The van der Waals surface area contributed by atoms with Gasteiger partial charge in [-0.05, 0) is 30.9 Å². The molecule has 1 fully saturated rings. The van der Waals surface area contributed by atoms with Crippen LogP contribution in [0.15, 0.2) is 34.4 Å². The lowest BCUT2D eigenvalue weighted by Gasteiger charge is -2.26. The molecule has 0 bridgehead atoms. The maximum Gasteiger partial charge on any atom is 0.485 e. The first kappa shape index (κ1) is 23.9. The Morgan fingerprint density at radius 3 is 1.93 bits per heavy atom. The van der Waals surface area contributed by atoms with E-state index in [1.807, 2.05) is 0 Å². The Bertz CT molecular complexity index is 756. The lowest BCUT2D eigenvalue weighted by Crippen LogP contribution is -3.12. The zero-order chi connectivity index (χ0) is 20.9. The molecule has 0 unspecified atom stereocenters. The summed E-state index contributed by atoms with van der Waals surface area (Å²) in [6, 6.07) is 6.99. The summed E-state index contributed by atoms with van der Waals surface area (Å²) >= 11 is 3.29. The summed E-state index contributed by atoms with van der Waals surface area (Å²) in [6.45, 7) is 1.13. The zero-order valence-electron chi connectivity index (χ0n) is 13.7. The summed E-state index contributed by atoms with van der Waals surface area (Å²) in [6.07, 6.45) is -0.256. The Balaban J connectivity index is 0.000000387. The van der Waals surface area contributed by atoms with E-state index in [9.17, 15) is 26.3 Å². The summed E-state index contributed by atoms with van der Waals surface area (Å²) in [5.41, 5.74) is -5.53. The van der Waals surface area contributed by atoms with Crippen LogP contribution in [0.4, 0.5) is 26.3 Å². The topological polar surface area (TPSA) is 61.6 Å². The Labute approximate surface area is 160 Å². The third-order valence-electron chi connectivity index (χ3n) is 3.63. The number of piperidine rings is 1. The van der Waals surface area contributed by atoms with E-state index in [2.05, 4.69) is 15.9 Å². The SMILES string of the molecule is FC(F)(F)/C(=C\c1ccccc1Br)[NH+]1CCCCC1.O=S(=O)([O-])C(F)(F)F. The van der Waals surface area contributed by atoms with Crippen molar-refractivity contribution in [1.29, 1.82) is 0 Å². The fourth-order valence-electron chi connectivity index (χ4n) is 2.38. The van der Waals surface area contributed by atoms with Crippen LogP contribution in [0.25, 0.3) is 6.08 Å². The molecule has 0 aromatic heterocycles. The van der Waals surface area contributed by atoms with Gasteiger partial charge in [0.25, 0.3) is 0 Å². The number of alkyl halides is 6. The van der Waals surface area contributed by atoms with E-state index in [1.165, 1.54) is 6.08 Å². The van der Waals surface area contributed by atoms with Crippen LogP contribution in [0.3, 0.4) is 0 Å². The van der Waals surface area contributed by atoms with Crippen molar-refractivity contribution in [2.75, 3.05) is 13.1 Å². The van der Waals surface area contributed by atoms with Gasteiger partial charge in [-0.15, -0.1) is 0 Å². The van der Waals surface area contributed by atoms with Crippen LogP contribution in [0.2, 0.25) is 0 Å². The van der Waals surface area contributed by atoms with E-state index < -0.39 is 27.5 Å². The normalized spacial score (nSPS) is 17.3. The van der Waals surface area contributed by atoms with Gasteiger partial charge in [0.1, 0.15) is 0 Å².